The molecule has 0 aliphatic carbocycles. The molecule has 2 aromatic carbocycles. The lowest BCUT2D eigenvalue weighted by Gasteiger charge is -2.35. The maximum atomic E-state index is 11.6. The lowest BCUT2D eigenvalue weighted by molar-refractivity contribution is -0.146. The number of carbonyl (C=O) groups is 5. The van der Waals surface area contributed by atoms with Crippen molar-refractivity contribution in [1.82, 2.24) is 20.3 Å². The van der Waals surface area contributed by atoms with Crippen LogP contribution in [0.4, 0.5) is 9.59 Å². The second-order valence-corrected chi connectivity index (χ2v) is 8.87. The number of amides is 6. The third kappa shape index (κ3) is 7.64. The Hall–Kier alpha value is -4.70. The summed E-state index contributed by atoms with van der Waals surface area (Å²) < 4.78 is 30.4. The summed E-state index contributed by atoms with van der Waals surface area (Å²) in [7, 11) is -4.51. The number of hydrogen-bond donors (Lipinski definition) is 7. The normalized spacial score (nSPS) is 14.8. The van der Waals surface area contributed by atoms with Crippen molar-refractivity contribution in [3.8, 4) is 0 Å². The zero-order chi connectivity index (χ0) is 27.8. The van der Waals surface area contributed by atoms with E-state index in [1.165, 1.54) is 12.1 Å². The van der Waals surface area contributed by atoms with Crippen LogP contribution in [0.5, 0.6) is 0 Å². The average Bonchev–Trinajstić information content (AvgIpc) is 2.81. The molecule has 1 atom stereocenters. The molecule has 0 bridgehead atoms. The molecule has 0 spiro atoms. The number of carbonyl (C=O) groups excluding carboxylic acids is 4. The van der Waals surface area contributed by atoms with Gasteiger partial charge in [-0.1, -0.05) is 60.7 Å². The highest BCUT2D eigenvalue weighted by molar-refractivity contribution is 7.84. The molecule has 0 aromatic heterocycles. The molecule has 1 aliphatic rings. The van der Waals surface area contributed by atoms with Crippen molar-refractivity contribution in [3.05, 3.63) is 71.8 Å². The number of urea groups is 2. The Morgan fingerprint density at radius 1 is 0.946 bits per heavy atom. The van der Waals surface area contributed by atoms with Crippen LogP contribution in [0.25, 0.3) is 0 Å². The van der Waals surface area contributed by atoms with Crippen LogP contribution in [-0.2, 0) is 36.8 Å². The Labute approximate surface area is 210 Å². The molecule has 1 heterocycles. The third-order valence-electron chi connectivity index (χ3n) is 4.86. The van der Waals surface area contributed by atoms with Crippen LogP contribution in [0.1, 0.15) is 11.1 Å². The van der Waals surface area contributed by atoms with Gasteiger partial charge >= 0.3 is 28.3 Å². The highest BCUT2D eigenvalue weighted by atomic mass is 32.2. The van der Waals surface area contributed by atoms with Gasteiger partial charge in [-0.15, -0.1) is 0 Å². The zero-order valence-electron chi connectivity index (χ0n) is 19.0. The number of β-lactam (4-membered cyclic amide) rings is 1. The first-order valence-electron chi connectivity index (χ1n) is 10.3. The Bertz CT molecular complexity index is 1260. The number of rotatable bonds is 8. The molecular weight excluding hydrogens is 512 g/mol. The summed E-state index contributed by atoms with van der Waals surface area (Å²) in [6, 6.07) is 13.3. The minimum Gasteiger partial charge on any atom is -0.478 e. The molecule has 15 nitrogen and oxygen atoms in total. The third-order valence-corrected chi connectivity index (χ3v) is 5.75. The fraction of sp³-hybridized carbons (Fsp3) is 0.190. The zero-order valence-corrected chi connectivity index (χ0v) is 19.8. The van der Waals surface area contributed by atoms with Crippen LogP contribution in [0.15, 0.2) is 60.7 Å². The van der Waals surface area contributed by atoms with Crippen LogP contribution in [-0.4, -0.2) is 64.8 Å². The van der Waals surface area contributed by atoms with Crippen molar-refractivity contribution in [3.63, 3.8) is 0 Å². The molecule has 2 aromatic rings. The van der Waals surface area contributed by atoms with Gasteiger partial charge in [0.25, 0.3) is 5.91 Å². The average molecular weight is 537 g/mol. The first-order valence-corrected chi connectivity index (χ1v) is 11.7. The first kappa shape index (κ1) is 28.5. The van der Waals surface area contributed by atoms with Crippen LogP contribution in [0.2, 0.25) is 0 Å². The monoisotopic (exact) mass is 536 g/mol. The van der Waals surface area contributed by atoms with E-state index in [-0.39, 0.29) is 24.4 Å². The lowest BCUT2D eigenvalue weighted by Crippen LogP contribution is -2.65. The molecule has 6 amide bonds. The summed E-state index contributed by atoms with van der Waals surface area (Å²) >= 11 is 0. The molecule has 1 fully saturated rings. The smallest absolute Gasteiger partial charge is 0.362 e. The van der Waals surface area contributed by atoms with E-state index in [0.29, 0.717) is 4.31 Å². The number of nitrogens with one attached hydrogen (secondary N) is 3. The fourth-order valence-corrected chi connectivity index (χ4v) is 3.89. The van der Waals surface area contributed by atoms with Crippen molar-refractivity contribution >= 4 is 40.2 Å². The van der Waals surface area contributed by atoms with Crippen LogP contribution in [0.3, 0.4) is 0 Å². The maximum absolute atomic E-state index is 11.6. The number of benzene rings is 2. The van der Waals surface area contributed by atoms with E-state index >= 15 is 0 Å². The number of hydrogen-bond acceptors (Lipinski definition) is 7. The molecule has 0 saturated carbocycles. The molecular formula is C21H24N6O9S. The summed E-state index contributed by atoms with van der Waals surface area (Å²) in [5.41, 5.74) is 8.55. The van der Waals surface area contributed by atoms with Gasteiger partial charge in [0, 0.05) is 5.56 Å². The Morgan fingerprint density at radius 3 is 1.84 bits per heavy atom. The van der Waals surface area contributed by atoms with Crippen molar-refractivity contribution in [2.75, 3.05) is 6.54 Å². The number of aliphatic carboxylic acids is 1. The van der Waals surface area contributed by atoms with Crippen molar-refractivity contribution < 1.29 is 42.0 Å². The molecule has 37 heavy (non-hydrogen) atoms. The van der Waals surface area contributed by atoms with E-state index in [1.807, 2.05) is 16.7 Å². The standard InChI is InChI=1S/C11H12N2O5S.C10H12N4O4/c14-10(6-8-4-2-1-3-5-8)12-9-7-13(11(9)15)19(16,17)18;11-8(17)13-10(7(15)16,14-9(12)18)6-4-2-1-3-5-6/h1-5,9H,6-7H2,(H,12,14)(H,16,17,18);1-5H,(H,15,16)(H3,11,13,17)(H3,12,14,18)/t9-;/m0./s1. The predicted molar refractivity (Wildman–Crippen MR) is 127 cm³/mol. The largest absolute Gasteiger partial charge is 0.478 e. The van der Waals surface area contributed by atoms with E-state index in [0.717, 1.165) is 5.56 Å². The van der Waals surface area contributed by atoms with Gasteiger partial charge in [-0.2, -0.15) is 8.42 Å². The van der Waals surface area contributed by atoms with Gasteiger partial charge in [0.15, 0.2) is 0 Å². The van der Waals surface area contributed by atoms with Crippen molar-refractivity contribution in [2.45, 2.75) is 18.1 Å². The van der Waals surface area contributed by atoms with Gasteiger partial charge in [-0.3, -0.25) is 14.1 Å². The molecule has 0 unspecified atom stereocenters. The second kappa shape index (κ2) is 11.8. The number of nitrogens with zero attached hydrogens (tertiary/aromatic N) is 1. The Morgan fingerprint density at radius 2 is 1.43 bits per heavy atom. The molecule has 1 saturated heterocycles. The summed E-state index contributed by atoms with van der Waals surface area (Å²) in [5, 5.41) is 15.6. The lowest BCUT2D eigenvalue weighted by atomic mass is 9.99. The van der Waals surface area contributed by atoms with Crippen LogP contribution >= 0.6 is 0 Å². The van der Waals surface area contributed by atoms with Crippen LogP contribution in [0, 0.1) is 0 Å². The number of primary amides is 2. The van der Waals surface area contributed by atoms with Gasteiger partial charge in [-0.25, -0.2) is 18.7 Å². The Kier molecular flexibility index (Phi) is 9.12. The van der Waals surface area contributed by atoms with Gasteiger partial charge < -0.3 is 32.5 Å². The SMILES string of the molecule is NC(=O)NC(NC(N)=O)(C(=O)O)c1ccccc1.O=C(Cc1ccccc1)N[C@H]1CN(S(=O)(=O)O)C1=O. The highest BCUT2D eigenvalue weighted by Gasteiger charge is 2.44. The van der Waals surface area contributed by atoms with Gasteiger partial charge in [0.1, 0.15) is 6.04 Å². The van der Waals surface area contributed by atoms with Gasteiger partial charge in [0.2, 0.25) is 11.6 Å². The quantitative estimate of drug-likeness (QED) is 0.119. The van der Waals surface area contributed by atoms with E-state index in [4.69, 9.17) is 16.0 Å². The highest BCUT2D eigenvalue weighted by Crippen LogP contribution is 2.18. The topological polar surface area (TPSA) is 251 Å². The Balaban J connectivity index is 0.000000261. The minimum absolute atomic E-state index is 0.107. The minimum atomic E-state index is -4.51. The fourth-order valence-electron chi connectivity index (χ4n) is 3.20. The van der Waals surface area contributed by atoms with E-state index in [9.17, 15) is 37.5 Å². The molecule has 0 radical (unpaired) electrons. The molecule has 198 valence electrons. The van der Waals surface area contributed by atoms with Crippen molar-refractivity contribution in [2.24, 2.45) is 11.5 Å². The second-order valence-electron chi connectivity index (χ2n) is 7.53. The predicted octanol–water partition coefficient (Wildman–Crippen LogP) is -1.38. The summed E-state index contributed by atoms with van der Waals surface area (Å²) in [4.78, 5) is 56.2. The maximum Gasteiger partial charge on any atom is 0.362 e. The van der Waals surface area contributed by atoms with Crippen LogP contribution < -0.4 is 27.4 Å². The van der Waals surface area contributed by atoms with E-state index in [2.05, 4.69) is 5.32 Å². The van der Waals surface area contributed by atoms with Crippen molar-refractivity contribution in [1.29, 1.82) is 0 Å². The van der Waals surface area contributed by atoms with E-state index in [1.54, 1.807) is 42.5 Å². The summed E-state index contributed by atoms with van der Waals surface area (Å²) in [6.07, 6.45) is 0.108. The molecule has 9 N–H and O–H groups in total. The molecule has 16 heteroatoms. The number of carboxylic acids is 1. The van der Waals surface area contributed by atoms with E-state index < -0.39 is 45.9 Å². The first-order chi connectivity index (χ1) is 17.3. The number of nitrogens with two attached hydrogens (primary N) is 2. The number of carboxylic acid groups (broad SMARTS) is 1. The summed E-state index contributed by atoms with van der Waals surface area (Å²) in [5.74, 6) is -2.73. The molecule has 1 aliphatic heterocycles. The summed E-state index contributed by atoms with van der Waals surface area (Å²) in [6.45, 7) is -0.238. The van der Waals surface area contributed by atoms with Gasteiger partial charge in [0.05, 0.1) is 13.0 Å². The molecule has 3 rings (SSSR count). The van der Waals surface area contributed by atoms with Gasteiger partial charge in [-0.05, 0) is 5.56 Å².